The molecule has 1 amide bonds. The van der Waals surface area contributed by atoms with E-state index in [9.17, 15) is 14.4 Å². The molecule has 0 fully saturated rings. The Kier molecular flexibility index (Phi) is 9.52. The SMILES string of the molecule is C=CCc1cc(/C=C(/C#N)C(=O)Nc2ccccc2F)cc(OCC)c1OCc1ccc(Cl)c(Cl)c1. The van der Waals surface area contributed by atoms with Crippen LogP contribution in [0.5, 0.6) is 11.5 Å². The molecule has 3 rings (SSSR count). The van der Waals surface area contributed by atoms with Gasteiger partial charge < -0.3 is 14.8 Å². The summed E-state index contributed by atoms with van der Waals surface area (Å²) in [7, 11) is 0. The first kappa shape index (κ1) is 26.8. The lowest BCUT2D eigenvalue weighted by Gasteiger charge is -2.17. The number of allylic oxidation sites excluding steroid dienone is 1. The van der Waals surface area contributed by atoms with Crippen molar-refractivity contribution in [3.8, 4) is 17.6 Å². The monoisotopic (exact) mass is 524 g/mol. The van der Waals surface area contributed by atoms with Crippen LogP contribution in [0.1, 0.15) is 23.6 Å². The fourth-order valence-electron chi connectivity index (χ4n) is 3.35. The normalized spacial score (nSPS) is 10.9. The molecule has 0 radical (unpaired) electrons. The number of nitrogens with one attached hydrogen (secondary N) is 1. The van der Waals surface area contributed by atoms with E-state index < -0.39 is 11.7 Å². The Morgan fingerprint density at radius 1 is 1.14 bits per heavy atom. The van der Waals surface area contributed by atoms with Gasteiger partial charge in [-0.15, -0.1) is 6.58 Å². The number of anilines is 1. The lowest BCUT2D eigenvalue weighted by atomic mass is 10.0. The second-order valence-electron chi connectivity index (χ2n) is 7.57. The summed E-state index contributed by atoms with van der Waals surface area (Å²) in [6.07, 6.45) is 3.57. The van der Waals surface area contributed by atoms with Crippen molar-refractivity contribution in [2.24, 2.45) is 0 Å². The Balaban J connectivity index is 1.94. The summed E-state index contributed by atoms with van der Waals surface area (Å²) < 4.78 is 25.8. The summed E-state index contributed by atoms with van der Waals surface area (Å²) in [6, 6.07) is 16.3. The van der Waals surface area contributed by atoms with Crippen molar-refractivity contribution in [3.05, 3.63) is 105 Å². The van der Waals surface area contributed by atoms with Crippen molar-refractivity contribution in [1.82, 2.24) is 0 Å². The van der Waals surface area contributed by atoms with Gasteiger partial charge in [0.15, 0.2) is 11.5 Å². The number of para-hydroxylation sites is 1. The summed E-state index contributed by atoms with van der Waals surface area (Å²) in [6.45, 7) is 6.22. The second kappa shape index (κ2) is 12.8. The van der Waals surface area contributed by atoms with Crippen molar-refractivity contribution >= 4 is 40.9 Å². The van der Waals surface area contributed by atoms with Crippen LogP contribution in [0, 0.1) is 17.1 Å². The van der Waals surface area contributed by atoms with E-state index in [4.69, 9.17) is 32.7 Å². The molecule has 0 atom stereocenters. The Morgan fingerprint density at radius 3 is 2.58 bits per heavy atom. The largest absolute Gasteiger partial charge is 0.490 e. The first-order valence-corrected chi connectivity index (χ1v) is 11.8. The van der Waals surface area contributed by atoms with Crippen molar-refractivity contribution in [3.63, 3.8) is 0 Å². The number of halogens is 3. The van der Waals surface area contributed by atoms with Crippen LogP contribution in [-0.2, 0) is 17.8 Å². The van der Waals surface area contributed by atoms with Crippen LogP contribution in [0.3, 0.4) is 0 Å². The van der Waals surface area contributed by atoms with E-state index in [2.05, 4.69) is 11.9 Å². The second-order valence-corrected chi connectivity index (χ2v) is 8.39. The Bertz CT molecular complexity index is 1350. The van der Waals surface area contributed by atoms with Crippen LogP contribution in [0.2, 0.25) is 10.0 Å². The van der Waals surface area contributed by atoms with Crippen molar-refractivity contribution in [2.75, 3.05) is 11.9 Å². The first-order chi connectivity index (χ1) is 17.4. The minimum atomic E-state index is -0.731. The minimum Gasteiger partial charge on any atom is -0.490 e. The van der Waals surface area contributed by atoms with Crippen molar-refractivity contribution in [2.45, 2.75) is 20.0 Å². The lowest BCUT2D eigenvalue weighted by molar-refractivity contribution is -0.112. The van der Waals surface area contributed by atoms with Crippen molar-refractivity contribution in [1.29, 1.82) is 5.26 Å². The summed E-state index contributed by atoms with van der Waals surface area (Å²) >= 11 is 12.1. The molecule has 3 aromatic carbocycles. The molecule has 0 aromatic heterocycles. The van der Waals surface area contributed by atoms with E-state index in [0.29, 0.717) is 40.1 Å². The van der Waals surface area contributed by atoms with Gasteiger partial charge in [-0.1, -0.05) is 47.5 Å². The van der Waals surface area contributed by atoms with Crippen LogP contribution < -0.4 is 14.8 Å². The highest BCUT2D eigenvalue weighted by Gasteiger charge is 2.16. The number of nitrogens with zero attached hydrogens (tertiary/aromatic N) is 1. The van der Waals surface area contributed by atoms with Gasteiger partial charge in [0.2, 0.25) is 0 Å². The van der Waals surface area contributed by atoms with Crippen LogP contribution in [0.4, 0.5) is 10.1 Å². The quantitative estimate of drug-likeness (QED) is 0.170. The smallest absolute Gasteiger partial charge is 0.266 e. The highest BCUT2D eigenvalue weighted by Crippen LogP contribution is 2.36. The average Bonchev–Trinajstić information content (AvgIpc) is 2.86. The molecule has 184 valence electrons. The maximum Gasteiger partial charge on any atom is 0.266 e. The Hall–Kier alpha value is -3.79. The van der Waals surface area contributed by atoms with Gasteiger partial charge in [-0.3, -0.25) is 4.79 Å². The van der Waals surface area contributed by atoms with Gasteiger partial charge >= 0.3 is 0 Å². The molecule has 0 bridgehead atoms. The predicted octanol–water partition coefficient (Wildman–Crippen LogP) is 7.38. The molecule has 0 aliphatic rings. The Labute approximate surface area is 219 Å². The van der Waals surface area contributed by atoms with Gasteiger partial charge in [0.25, 0.3) is 5.91 Å². The molecule has 0 aliphatic carbocycles. The molecule has 0 heterocycles. The molecule has 0 saturated heterocycles. The molecule has 36 heavy (non-hydrogen) atoms. The zero-order valence-corrected chi connectivity index (χ0v) is 21.0. The molecular formula is C28H23Cl2FN2O3. The molecule has 0 aliphatic heterocycles. The third-order valence-electron chi connectivity index (χ3n) is 4.98. The van der Waals surface area contributed by atoms with E-state index in [-0.39, 0.29) is 17.9 Å². The maximum absolute atomic E-state index is 13.9. The molecule has 1 N–H and O–H groups in total. The molecule has 0 saturated carbocycles. The highest BCUT2D eigenvalue weighted by atomic mass is 35.5. The predicted molar refractivity (Wildman–Crippen MR) is 141 cm³/mol. The van der Waals surface area contributed by atoms with Crippen LogP contribution in [-0.4, -0.2) is 12.5 Å². The number of ether oxygens (including phenoxy) is 2. The van der Waals surface area contributed by atoms with E-state index in [1.807, 2.05) is 19.1 Å². The van der Waals surface area contributed by atoms with Gasteiger partial charge in [-0.2, -0.15) is 5.26 Å². The van der Waals surface area contributed by atoms with E-state index in [0.717, 1.165) is 11.1 Å². The van der Waals surface area contributed by atoms with Gasteiger partial charge in [-0.05, 0) is 66.9 Å². The van der Waals surface area contributed by atoms with Gasteiger partial charge in [0.1, 0.15) is 24.1 Å². The van der Waals surface area contributed by atoms with E-state index >= 15 is 0 Å². The van der Waals surface area contributed by atoms with E-state index in [1.165, 1.54) is 24.3 Å². The summed E-state index contributed by atoms with van der Waals surface area (Å²) in [5.41, 5.74) is 1.88. The molecule has 3 aromatic rings. The number of carbonyl (C=O) groups excluding carboxylic acids is 1. The molecular weight excluding hydrogens is 502 g/mol. The van der Waals surface area contributed by atoms with E-state index in [1.54, 1.807) is 36.4 Å². The molecule has 5 nitrogen and oxygen atoms in total. The topological polar surface area (TPSA) is 71.4 Å². The maximum atomic E-state index is 13.9. The van der Waals surface area contributed by atoms with Gasteiger partial charge in [0.05, 0.1) is 22.3 Å². The summed E-state index contributed by atoms with van der Waals surface area (Å²) in [5.74, 6) is -0.381. The van der Waals surface area contributed by atoms with Crippen molar-refractivity contribution < 1.29 is 18.7 Å². The third-order valence-corrected chi connectivity index (χ3v) is 5.72. The number of carbonyl (C=O) groups is 1. The van der Waals surface area contributed by atoms with Crippen LogP contribution in [0.15, 0.2) is 72.8 Å². The van der Waals surface area contributed by atoms with Gasteiger partial charge in [0, 0.05) is 5.56 Å². The summed E-state index contributed by atoms with van der Waals surface area (Å²) in [4.78, 5) is 12.6. The summed E-state index contributed by atoms with van der Waals surface area (Å²) in [5, 5.41) is 12.9. The number of rotatable bonds is 10. The standard InChI is InChI=1S/C28H23Cl2FN2O3/c1-3-7-20-12-19(13-21(16-32)28(34)33-25-9-6-5-8-24(25)31)15-26(35-4-2)27(20)36-17-18-10-11-22(29)23(30)14-18/h3,5-6,8-15H,1,4,7,17H2,2H3,(H,33,34)/b21-13-. The fraction of sp³-hybridized carbons (Fsp3) is 0.143. The first-order valence-electron chi connectivity index (χ1n) is 11.0. The van der Waals surface area contributed by atoms with Gasteiger partial charge in [-0.25, -0.2) is 4.39 Å². The van der Waals surface area contributed by atoms with Crippen LogP contribution >= 0.6 is 23.2 Å². The molecule has 0 spiro atoms. The number of hydrogen-bond donors (Lipinski definition) is 1. The number of amides is 1. The number of nitriles is 1. The zero-order chi connectivity index (χ0) is 26.1. The average molecular weight is 525 g/mol. The fourth-order valence-corrected chi connectivity index (χ4v) is 3.67. The number of benzene rings is 3. The Morgan fingerprint density at radius 2 is 1.92 bits per heavy atom. The highest BCUT2D eigenvalue weighted by molar-refractivity contribution is 6.42. The zero-order valence-electron chi connectivity index (χ0n) is 19.5. The molecule has 0 unspecified atom stereocenters. The lowest BCUT2D eigenvalue weighted by Crippen LogP contribution is -2.14. The van der Waals surface area contributed by atoms with Crippen LogP contribution in [0.25, 0.3) is 6.08 Å². The minimum absolute atomic E-state index is 0.0166. The third kappa shape index (κ3) is 6.88. The molecule has 8 heteroatoms. The number of hydrogen-bond acceptors (Lipinski definition) is 4.